The lowest BCUT2D eigenvalue weighted by Gasteiger charge is -2.18. The molecule has 0 spiro atoms. The normalized spacial score (nSPS) is 12.0. The topological polar surface area (TPSA) is 88.3 Å². The highest BCUT2D eigenvalue weighted by Gasteiger charge is 2.17. The SMILES string of the molecule is O=[N+]([O-])c1ccc(N[C@H](CO)Cc2ccccc2)c2ncccc12. The number of aromatic nitrogens is 1. The molecule has 0 unspecified atom stereocenters. The minimum atomic E-state index is -0.415. The van der Waals surface area contributed by atoms with Crippen molar-refractivity contribution in [2.75, 3.05) is 11.9 Å². The smallest absolute Gasteiger partial charge is 0.278 e. The van der Waals surface area contributed by atoms with Crippen molar-refractivity contribution in [1.82, 2.24) is 4.98 Å². The first-order valence-electron chi connectivity index (χ1n) is 7.62. The summed E-state index contributed by atoms with van der Waals surface area (Å²) in [5.41, 5.74) is 2.32. The summed E-state index contributed by atoms with van der Waals surface area (Å²) in [6, 6.07) is 16.1. The van der Waals surface area contributed by atoms with Crippen LogP contribution in [0.4, 0.5) is 11.4 Å². The summed E-state index contributed by atoms with van der Waals surface area (Å²) in [6.45, 7) is -0.0553. The Morgan fingerprint density at radius 1 is 1.12 bits per heavy atom. The van der Waals surface area contributed by atoms with E-state index in [1.165, 1.54) is 6.07 Å². The molecule has 3 aromatic rings. The number of pyridine rings is 1. The summed E-state index contributed by atoms with van der Waals surface area (Å²) in [5.74, 6) is 0. The largest absolute Gasteiger partial charge is 0.394 e. The third-order valence-corrected chi connectivity index (χ3v) is 3.85. The summed E-state index contributed by atoms with van der Waals surface area (Å²) in [4.78, 5) is 15.0. The van der Waals surface area contributed by atoms with Crippen LogP contribution < -0.4 is 5.32 Å². The molecular formula is C18H17N3O3. The van der Waals surface area contributed by atoms with Gasteiger partial charge in [-0.2, -0.15) is 0 Å². The maximum Gasteiger partial charge on any atom is 0.278 e. The number of nitro benzene ring substituents is 1. The number of benzene rings is 2. The molecule has 0 aliphatic heterocycles. The van der Waals surface area contributed by atoms with E-state index in [1.54, 1.807) is 24.4 Å². The van der Waals surface area contributed by atoms with Crippen LogP contribution in [0.15, 0.2) is 60.8 Å². The van der Waals surface area contributed by atoms with E-state index in [0.29, 0.717) is 23.0 Å². The molecule has 0 radical (unpaired) electrons. The zero-order chi connectivity index (χ0) is 16.9. The van der Waals surface area contributed by atoms with Crippen LogP contribution in [0, 0.1) is 10.1 Å². The molecule has 0 bridgehead atoms. The molecule has 3 rings (SSSR count). The number of nitrogens with one attached hydrogen (secondary N) is 1. The van der Waals surface area contributed by atoms with Gasteiger partial charge in [0.15, 0.2) is 0 Å². The molecule has 122 valence electrons. The predicted octanol–water partition coefficient (Wildman–Crippen LogP) is 3.16. The van der Waals surface area contributed by atoms with Crippen molar-refractivity contribution in [2.24, 2.45) is 0 Å². The molecule has 0 saturated heterocycles. The second-order valence-electron chi connectivity index (χ2n) is 5.50. The Bertz CT molecular complexity index is 853. The second-order valence-corrected chi connectivity index (χ2v) is 5.50. The van der Waals surface area contributed by atoms with Gasteiger partial charge >= 0.3 is 0 Å². The third kappa shape index (κ3) is 3.33. The maximum absolute atomic E-state index is 11.2. The predicted molar refractivity (Wildman–Crippen MR) is 93.0 cm³/mol. The van der Waals surface area contributed by atoms with Gasteiger partial charge in [0.1, 0.15) is 5.52 Å². The fourth-order valence-corrected chi connectivity index (χ4v) is 2.71. The molecular weight excluding hydrogens is 306 g/mol. The van der Waals surface area contributed by atoms with Crippen LogP contribution in [0.3, 0.4) is 0 Å². The zero-order valence-corrected chi connectivity index (χ0v) is 12.9. The molecule has 0 fully saturated rings. The van der Waals surface area contributed by atoms with E-state index < -0.39 is 4.92 Å². The van der Waals surface area contributed by atoms with Crippen LogP contribution >= 0.6 is 0 Å². The van der Waals surface area contributed by atoms with Crippen LogP contribution in [0.25, 0.3) is 10.9 Å². The van der Waals surface area contributed by atoms with Crippen LogP contribution in [0.5, 0.6) is 0 Å². The Balaban J connectivity index is 1.91. The number of aliphatic hydroxyl groups is 1. The van der Waals surface area contributed by atoms with Gasteiger partial charge in [-0.15, -0.1) is 0 Å². The van der Waals surface area contributed by atoms with Gasteiger partial charge in [-0.1, -0.05) is 30.3 Å². The van der Waals surface area contributed by atoms with Crippen molar-refractivity contribution < 1.29 is 10.0 Å². The maximum atomic E-state index is 11.2. The fourth-order valence-electron chi connectivity index (χ4n) is 2.71. The zero-order valence-electron chi connectivity index (χ0n) is 12.9. The molecule has 2 aromatic carbocycles. The van der Waals surface area contributed by atoms with Gasteiger partial charge < -0.3 is 10.4 Å². The molecule has 24 heavy (non-hydrogen) atoms. The molecule has 0 aliphatic carbocycles. The van der Waals surface area contributed by atoms with Gasteiger partial charge in [-0.25, -0.2) is 0 Å². The van der Waals surface area contributed by atoms with E-state index in [-0.39, 0.29) is 18.3 Å². The highest BCUT2D eigenvalue weighted by atomic mass is 16.6. The average Bonchev–Trinajstić information content (AvgIpc) is 2.62. The molecule has 1 heterocycles. The van der Waals surface area contributed by atoms with Crippen molar-refractivity contribution in [2.45, 2.75) is 12.5 Å². The van der Waals surface area contributed by atoms with Gasteiger partial charge in [0.25, 0.3) is 5.69 Å². The van der Waals surface area contributed by atoms with Crippen LogP contribution in [-0.4, -0.2) is 27.7 Å². The molecule has 0 saturated carbocycles. The number of nitro groups is 1. The van der Waals surface area contributed by atoms with Crippen molar-refractivity contribution in [3.05, 3.63) is 76.5 Å². The van der Waals surface area contributed by atoms with E-state index in [4.69, 9.17) is 0 Å². The standard InChI is InChI=1S/C18H17N3O3/c22-12-14(11-13-5-2-1-3-6-13)20-16-8-9-17(21(23)24)15-7-4-10-19-18(15)16/h1-10,14,20,22H,11-12H2/t14-/m0/s1. The summed E-state index contributed by atoms with van der Waals surface area (Å²) < 4.78 is 0. The van der Waals surface area contributed by atoms with E-state index in [1.807, 2.05) is 30.3 Å². The Labute approximate surface area is 138 Å². The summed E-state index contributed by atoms with van der Waals surface area (Å²) >= 11 is 0. The van der Waals surface area contributed by atoms with Gasteiger partial charge in [0.2, 0.25) is 0 Å². The summed E-state index contributed by atoms with van der Waals surface area (Å²) in [7, 11) is 0. The first-order valence-corrected chi connectivity index (χ1v) is 7.62. The molecule has 6 heteroatoms. The minimum Gasteiger partial charge on any atom is -0.394 e. The van der Waals surface area contributed by atoms with E-state index in [9.17, 15) is 15.2 Å². The first kappa shape index (κ1) is 15.9. The monoisotopic (exact) mass is 323 g/mol. The highest BCUT2D eigenvalue weighted by Crippen LogP contribution is 2.30. The molecule has 0 amide bonds. The number of aliphatic hydroxyl groups excluding tert-OH is 1. The van der Waals surface area contributed by atoms with Gasteiger partial charge in [0.05, 0.1) is 28.6 Å². The quantitative estimate of drug-likeness (QED) is 0.537. The lowest BCUT2D eigenvalue weighted by Crippen LogP contribution is -2.26. The third-order valence-electron chi connectivity index (χ3n) is 3.85. The van der Waals surface area contributed by atoms with Gasteiger partial charge in [-0.05, 0) is 30.2 Å². The van der Waals surface area contributed by atoms with E-state index in [2.05, 4.69) is 10.3 Å². The molecule has 1 atom stereocenters. The highest BCUT2D eigenvalue weighted by molar-refractivity contribution is 5.96. The van der Waals surface area contributed by atoms with Crippen LogP contribution in [0.1, 0.15) is 5.56 Å². The average molecular weight is 323 g/mol. The second kappa shape index (κ2) is 7.06. The lowest BCUT2D eigenvalue weighted by atomic mass is 10.1. The lowest BCUT2D eigenvalue weighted by molar-refractivity contribution is -0.383. The number of fused-ring (bicyclic) bond motifs is 1. The number of non-ortho nitro benzene ring substituents is 1. The Hall–Kier alpha value is -2.99. The Morgan fingerprint density at radius 2 is 1.92 bits per heavy atom. The molecule has 0 aliphatic rings. The van der Waals surface area contributed by atoms with Crippen molar-refractivity contribution in [3.63, 3.8) is 0 Å². The Kier molecular flexibility index (Phi) is 4.67. The number of nitrogens with zero attached hydrogens (tertiary/aromatic N) is 2. The van der Waals surface area contributed by atoms with Crippen LogP contribution in [0.2, 0.25) is 0 Å². The van der Waals surface area contributed by atoms with Crippen molar-refractivity contribution in [1.29, 1.82) is 0 Å². The molecule has 6 nitrogen and oxygen atoms in total. The fraction of sp³-hybridized carbons (Fsp3) is 0.167. The van der Waals surface area contributed by atoms with E-state index >= 15 is 0 Å². The summed E-state index contributed by atoms with van der Waals surface area (Å²) in [5, 5.41) is 24.6. The number of anilines is 1. The Morgan fingerprint density at radius 3 is 2.62 bits per heavy atom. The summed E-state index contributed by atoms with van der Waals surface area (Å²) in [6.07, 6.45) is 2.24. The number of rotatable bonds is 6. The number of hydrogen-bond acceptors (Lipinski definition) is 5. The van der Waals surface area contributed by atoms with E-state index in [0.717, 1.165) is 5.56 Å². The molecule has 1 aromatic heterocycles. The van der Waals surface area contributed by atoms with Crippen molar-refractivity contribution >= 4 is 22.3 Å². The van der Waals surface area contributed by atoms with Gasteiger partial charge in [-0.3, -0.25) is 15.1 Å². The van der Waals surface area contributed by atoms with Crippen molar-refractivity contribution in [3.8, 4) is 0 Å². The van der Waals surface area contributed by atoms with Crippen LogP contribution in [-0.2, 0) is 6.42 Å². The minimum absolute atomic E-state index is 0.0206. The van der Waals surface area contributed by atoms with Gasteiger partial charge in [0, 0.05) is 12.3 Å². The number of hydrogen-bond donors (Lipinski definition) is 2. The first-order chi connectivity index (χ1) is 11.7. The molecule has 2 N–H and O–H groups in total.